The Hall–Kier alpha value is -3.19. The van der Waals surface area contributed by atoms with Crippen LogP contribution in [0.25, 0.3) is 10.6 Å². The molecule has 1 saturated heterocycles. The van der Waals surface area contributed by atoms with E-state index >= 15 is 0 Å². The van der Waals surface area contributed by atoms with E-state index in [2.05, 4.69) is 17.2 Å². The van der Waals surface area contributed by atoms with Crippen LogP contribution in [0.5, 0.6) is 5.75 Å². The van der Waals surface area contributed by atoms with E-state index in [-0.39, 0.29) is 17.9 Å². The lowest BCUT2D eigenvalue weighted by molar-refractivity contribution is 0.0635. The number of hydrogen-bond donors (Lipinski definition) is 1. The summed E-state index contributed by atoms with van der Waals surface area (Å²) in [6.07, 6.45) is 3.27. The Bertz CT molecular complexity index is 1120. The van der Waals surface area contributed by atoms with Crippen LogP contribution in [0.1, 0.15) is 52.6 Å². The summed E-state index contributed by atoms with van der Waals surface area (Å²) < 4.78 is 5.18. The summed E-state index contributed by atoms with van der Waals surface area (Å²) in [6, 6.07) is 13.3. The van der Waals surface area contributed by atoms with E-state index in [4.69, 9.17) is 4.74 Å². The summed E-state index contributed by atoms with van der Waals surface area (Å²) in [7, 11) is 1.62. The third-order valence-electron chi connectivity index (χ3n) is 5.86. The quantitative estimate of drug-likeness (QED) is 0.567. The SMILES string of the molecule is COc1ccc(-c2nc(C(=O)Nc3ccc(C(=O)N4CCCCC4C)cc3C)cs2)cc1. The number of likely N-dealkylation sites (tertiary alicyclic amines) is 1. The fourth-order valence-electron chi connectivity index (χ4n) is 3.93. The second kappa shape index (κ2) is 9.53. The van der Waals surface area contributed by atoms with Gasteiger partial charge in [-0.05, 0) is 81.1 Å². The lowest BCUT2D eigenvalue weighted by atomic mass is 10.0. The third kappa shape index (κ3) is 4.67. The van der Waals surface area contributed by atoms with Gasteiger partial charge < -0.3 is 15.0 Å². The Morgan fingerprint density at radius 2 is 1.94 bits per heavy atom. The molecular weight excluding hydrogens is 422 g/mol. The number of carbonyl (C=O) groups excluding carboxylic acids is 2. The molecule has 166 valence electrons. The highest BCUT2D eigenvalue weighted by Crippen LogP contribution is 2.27. The van der Waals surface area contributed by atoms with Crippen molar-refractivity contribution in [3.8, 4) is 16.3 Å². The molecule has 1 atom stereocenters. The largest absolute Gasteiger partial charge is 0.497 e. The minimum absolute atomic E-state index is 0.0572. The van der Waals surface area contributed by atoms with Crippen molar-refractivity contribution in [1.29, 1.82) is 0 Å². The number of amides is 2. The van der Waals surface area contributed by atoms with E-state index in [0.717, 1.165) is 41.3 Å². The van der Waals surface area contributed by atoms with E-state index in [1.165, 1.54) is 17.8 Å². The first kappa shape index (κ1) is 22.0. The monoisotopic (exact) mass is 449 g/mol. The van der Waals surface area contributed by atoms with Gasteiger partial charge in [0.1, 0.15) is 16.5 Å². The summed E-state index contributed by atoms with van der Waals surface area (Å²) >= 11 is 1.42. The Morgan fingerprint density at radius 1 is 1.16 bits per heavy atom. The molecule has 1 aromatic heterocycles. The van der Waals surface area contributed by atoms with Gasteiger partial charge in [0.05, 0.1) is 7.11 Å². The Balaban J connectivity index is 1.45. The Kier molecular flexibility index (Phi) is 6.55. The zero-order valence-corrected chi connectivity index (χ0v) is 19.4. The Labute approximate surface area is 192 Å². The van der Waals surface area contributed by atoms with E-state index in [0.29, 0.717) is 16.9 Å². The van der Waals surface area contributed by atoms with E-state index in [1.807, 2.05) is 42.2 Å². The number of ether oxygens (including phenoxy) is 1. The molecule has 2 heterocycles. The van der Waals surface area contributed by atoms with Gasteiger partial charge in [0.15, 0.2) is 0 Å². The average molecular weight is 450 g/mol. The number of thiazole rings is 1. The zero-order valence-electron chi connectivity index (χ0n) is 18.6. The van der Waals surface area contributed by atoms with Crippen molar-refractivity contribution < 1.29 is 14.3 Å². The second-order valence-electron chi connectivity index (χ2n) is 8.09. The van der Waals surface area contributed by atoms with Crippen LogP contribution in [0.3, 0.4) is 0 Å². The van der Waals surface area contributed by atoms with E-state index in [1.54, 1.807) is 24.6 Å². The maximum atomic E-state index is 12.9. The summed E-state index contributed by atoms with van der Waals surface area (Å²) in [5.41, 5.74) is 3.48. The van der Waals surface area contributed by atoms with Gasteiger partial charge in [-0.15, -0.1) is 11.3 Å². The van der Waals surface area contributed by atoms with Gasteiger partial charge >= 0.3 is 0 Å². The maximum Gasteiger partial charge on any atom is 0.275 e. The lowest BCUT2D eigenvalue weighted by Crippen LogP contribution is -2.42. The number of anilines is 1. The fraction of sp³-hybridized carbons (Fsp3) is 0.320. The average Bonchev–Trinajstić information content (AvgIpc) is 3.31. The minimum Gasteiger partial charge on any atom is -0.497 e. The van der Waals surface area contributed by atoms with Crippen molar-refractivity contribution >= 4 is 28.8 Å². The van der Waals surface area contributed by atoms with Crippen LogP contribution in [0.2, 0.25) is 0 Å². The molecule has 2 amide bonds. The number of carbonyl (C=O) groups is 2. The van der Waals surface area contributed by atoms with Crippen LogP contribution in [-0.2, 0) is 0 Å². The third-order valence-corrected chi connectivity index (χ3v) is 6.75. The van der Waals surface area contributed by atoms with Gasteiger partial charge in [-0.3, -0.25) is 9.59 Å². The van der Waals surface area contributed by atoms with Crippen LogP contribution in [0.4, 0.5) is 5.69 Å². The van der Waals surface area contributed by atoms with Crippen molar-refractivity contribution in [1.82, 2.24) is 9.88 Å². The van der Waals surface area contributed by atoms with E-state index < -0.39 is 0 Å². The van der Waals surface area contributed by atoms with Crippen molar-refractivity contribution in [3.05, 3.63) is 64.7 Å². The first-order chi connectivity index (χ1) is 15.5. The molecule has 1 fully saturated rings. The molecule has 1 aliphatic heterocycles. The van der Waals surface area contributed by atoms with Gasteiger partial charge in [-0.2, -0.15) is 0 Å². The molecule has 32 heavy (non-hydrogen) atoms. The number of methoxy groups -OCH3 is 1. The zero-order chi connectivity index (χ0) is 22.7. The summed E-state index contributed by atoms with van der Waals surface area (Å²) in [5.74, 6) is 0.560. The van der Waals surface area contributed by atoms with Crippen LogP contribution in [-0.4, -0.2) is 41.4 Å². The van der Waals surface area contributed by atoms with E-state index in [9.17, 15) is 9.59 Å². The highest BCUT2D eigenvalue weighted by atomic mass is 32.1. The number of piperidine rings is 1. The molecule has 2 aromatic carbocycles. The molecule has 0 radical (unpaired) electrons. The Morgan fingerprint density at radius 3 is 2.62 bits per heavy atom. The van der Waals surface area contributed by atoms with Crippen LogP contribution in [0.15, 0.2) is 47.8 Å². The van der Waals surface area contributed by atoms with Crippen molar-refractivity contribution in [2.75, 3.05) is 19.0 Å². The fourth-order valence-corrected chi connectivity index (χ4v) is 4.74. The predicted molar refractivity (Wildman–Crippen MR) is 128 cm³/mol. The number of nitrogens with zero attached hydrogens (tertiary/aromatic N) is 2. The number of benzene rings is 2. The number of nitrogens with one attached hydrogen (secondary N) is 1. The normalized spacial score (nSPS) is 16.0. The van der Waals surface area contributed by atoms with Crippen molar-refractivity contribution in [2.24, 2.45) is 0 Å². The molecule has 6 nitrogen and oxygen atoms in total. The maximum absolute atomic E-state index is 12.9. The molecule has 0 bridgehead atoms. The summed E-state index contributed by atoms with van der Waals surface area (Å²) in [4.78, 5) is 32.1. The van der Waals surface area contributed by atoms with Crippen LogP contribution in [0, 0.1) is 6.92 Å². The predicted octanol–water partition coefficient (Wildman–Crippen LogP) is 5.39. The van der Waals surface area contributed by atoms with Gasteiger partial charge in [0.2, 0.25) is 0 Å². The van der Waals surface area contributed by atoms with Gasteiger partial charge in [0, 0.05) is 34.8 Å². The van der Waals surface area contributed by atoms with Crippen molar-refractivity contribution in [2.45, 2.75) is 39.2 Å². The first-order valence-corrected chi connectivity index (χ1v) is 11.7. The minimum atomic E-state index is -0.271. The molecule has 4 rings (SSSR count). The molecule has 7 heteroatoms. The molecule has 0 spiro atoms. The summed E-state index contributed by atoms with van der Waals surface area (Å²) in [6.45, 7) is 4.81. The van der Waals surface area contributed by atoms with Gasteiger partial charge in [0.25, 0.3) is 11.8 Å². The molecule has 1 N–H and O–H groups in total. The highest BCUT2D eigenvalue weighted by Gasteiger charge is 2.24. The first-order valence-electron chi connectivity index (χ1n) is 10.8. The second-order valence-corrected chi connectivity index (χ2v) is 8.95. The van der Waals surface area contributed by atoms with Gasteiger partial charge in [-0.1, -0.05) is 0 Å². The van der Waals surface area contributed by atoms with Crippen LogP contribution >= 0.6 is 11.3 Å². The molecular formula is C25H27N3O3S. The molecule has 0 aliphatic carbocycles. The number of rotatable bonds is 5. The molecule has 1 aliphatic rings. The topological polar surface area (TPSA) is 71.5 Å². The summed E-state index contributed by atoms with van der Waals surface area (Å²) in [5, 5.41) is 5.44. The number of hydrogen-bond acceptors (Lipinski definition) is 5. The molecule has 1 unspecified atom stereocenters. The van der Waals surface area contributed by atoms with Gasteiger partial charge in [-0.25, -0.2) is 4.98 Å². The van der Waals surface area contributed by atoms with Crippen molar-refractivity contribution in [3.63, 3.8) is 0 Å². The molecule has 0 saturated carbocycles. The lowest BCUT2D eigenvalue weighted by Gasteiger charge is -2.33. The van der Waals surface area contributed by atoms with Crippen LogP contribution < -0.4 is 10.1 Å². The number of aryl methyl sites for hydroxylation is 1. The number of aromatic nitrogens is 1. The smallest absolute Gasteiger partial charge is 0.275 e. The highest BCUT2D eigenvalue weighted by molar-refractivity contribution is 7.13. The standard InChI is InChI=1S/C25H27N3O3S/c1-16-14-19(25(30)28-13-5-4-6-17(28)2)9-12-21(16)26-23(29)22-15-32-24(27-22)18-7-10-20(31-3)11-8-18/h7-12,14-15,17H,4-6,13H2,1-3H3,(H,26,29). The molecule has 3 aromatic rings.